The standard InChI is InChI=1S/C15H29NO/c1-12(13-7-4-3-5-8-13)16-14-9-6-10-15(11-14)17-2/h12-16H,3-11H2,1-2H3/t12-,14?,15?/m0/s1. The minimum atomic E-state index is 0.500. The second-order valence-corrected chi connectivity index (χ2v) is 6.07. The Morgan fingerprint density at radius 2 is 1.76 bits per heavy atom. The van der Waals surface area contributed by atoms with Gasteiger partial charge in [-0.2, -0.15) is 0 Å². The van der Waals surface area contributed by atoms with Crippen molar-refractivity contribution in [1.82, 2.24) is 5.32 Å². The van der Waals surface area contributed by atoms with Crippen LogP contribution in [0.1, 0.15) is 64.7 Å². The first kappa shape index (κ1) is 13.4. The number of hydrogen-bond donors (Lipinski definition) is 1. The molecule has 0 aromatic heterocycles. The largest absolute Gasteiger partial charge is 0.381 e. The molecule has 0 radical (unpaired) electrons. The van der Waals surface area contributed by atoms with Gasteiger partial charge in [-0.3, -0.25) is 0 Å². The Hall–Kier alpha value is -0.0800. The van der Waals surface area contributed by atoms with Crippen LogP contribution < -0.4 is 5.32 Å². The van der Waals surface area contributed by atoms with Crippen molar-refractivity contribution in [3.05, 3.63) is 0 Å². The zero-order chi connectivity index (χ0) is 12.1. The molecule has 0 saturated heterocycles. The Bertz CT molecular complexity index is 213. The van der Waals surface area contributed by atoms with E-state index in [1.165, 1.54) is 57.8 Å². The number of nitrogens with one attached hydrogen (secondary N) is 1. The first-order valence-electron chi connectivity index (χ1n) is 7.58. The van der Waals surface area contributed by atoms with Crippen LogP contribution in [0.2, 0.25) is 0 Å². The molecule has 0 bridgehead atoms. The van der Waals surface area contributed by atoms with E-state index in [1.54, 1.807) is 0 Å². The van der Waals surface area contributed by atoms with E-state index in [0.29, 0.717) is 18.2 Å². The third-order valence-electron chi connectivity index (χ3n) is 4.81. The predicted octanol–water partition coefficient (Wildman–Crippen LogP) is 3.50. The van der Waals surface area contributed by atoms with E-state index in [9.17, 15) is 0 Å². The molecule has 3 atom stereocenters. The summed E-state index contributed by atoms with van der Waals surface area (Å²) in [6.45, 7) is 2.40. The van der Waals surface area contributed by atoms with Gasteiger partial charge in [0.1, 0.15) is 0 Å². The van der Waals surface area contributed by atoms with Gasteiger partial charge in [-0.25, -0.2) is 0 Å². The summed E-state index contributed by atoms with van der Waals surface area (Å²) >= 11 is 0. The summed E-state index contributed by atoms with van der Waals surface area (Å²) in [7, 11) is 1.86. The van der Waals surface area contributed by atoms with Crippen molar-refractivity contribution in [2.45, 2.75) is 82.9 Å². The predicted molar refractivity (Wildman–Crippen MR) is 72.2 cm³/mol. The highest BCUT2D eigenvalue weighted by Gasteiger charge is 2.26. The van der Waals surface area contributed by atoms with E-state index in [-0.39, 0.29) is 0 Å². The summed E-state index contributed by atoms with van der Waals surface area (Å²) < 4.78 is 5.51. The van der Waals surface area contributed by atoms with Crippen molar-refractivity contribution in [2.75, 3.05) is 7.11 Å². The highest BCUT2D eigenvalue weighted by atomic mass is 16.5. The van der Waals surface area contributed by atoms with Gasteiger partial charge >= 0.3 is 0 Å². The van der Waals surface area contributed by atoms with Crippen LogP contribution in [0.25, 0.3) is 0 Å². The van der Waals surface area contributed by atoms with Crippen molar-refractivity contribution in [3.63, 3.8) is 0 Å². The fraction of sp³-hybridized carbons (Fsp3) is 1.00. The Morgan fingerprint density at radius 3 is 2.47 bits per heavy atom. The molecule has 1 N–H and O–H groups in total. The molecule has 0 aromatic rings. The maximum absolute atomic E-state index is 5.51. The Balaban J connectivity index is 1.74. The molecule has 2 aliphatic rings. The smallest absolute Gasteiger partial charge is 0.0586 e. The topological polar surface area (TPSA) is 21.3 Å². The second kappa shape index (κ2) is 6.75. The molecule has 0 amide bonds. The molecule has 2 aliphatic carbocycles. The number of methoxy groups -OCH3 is 1. The Morgan fingerprint density at radius 1 is 1.00 bits per heavy atom. The fourth-order valence-electron chi connectivity index (χ4n) is 3.65. The molecule has 2 rings (SSSR count). The van der Waals surface area contributed by atoms with Gasteiger partial charge < -0.3 is 10.1 Å². The van der Waals surface area contributed by atoms with E-state index >= 15 is 0 Å². The average Bonchev–Trinajstić information content (AvgIpc) is 2.40. The van der Waals surface area contributed by atoms with Gasteiger partial charge in [0.2, 0.25) is 0 Å². The summed E-state index contributed by atoms with van der Waals surface area (Å²) in [4.78, 5) is 0. The SMILES string of the molecule is COC1CCCC(N[C@@H](C)C2CCCCC2)C1. The van der Waals surface area contributed by atoms with Gasteiger partial charge in [0, 0.05) is 19.2 Å². The zero-order valence-electron chi connectivity index (χ0n) is 11.6. The molecule has 2 unspecified atom stereocenters. The maximum atomic E-state index is 5.51. The van der Waals surface area contributed by atoms with Gasteiger partial charge in [0.05, 0.1) is 6.10 Å². The van der Waals surface area contributed by atoms with Gasteiger partial charge in [0.15, 0.2) is 0 Å². The number of ether oxygens (including phenoxy) is 1. The minimum Gasteiger partial charge on any atom is -0.381 e. The summed E-state index contributed by atoms with van der Waals surface area (Å²) in [5.74, 6) is 0.923. The molecule has 2 fully saturated rings. The van der Waals surface area contributed by atoms with Crippen molar-refractivity contribution in [2.24, 2.45) is 5.92 Å². The van der Waals surface area contributed by atoms with E-state index in [1.807, 2.05) is 7.11 Å². The molecule has 2 heteroatoms. The van der Waals surface area contributed by atoms with Crippen molar-refractivity contribution >= 4 is 0 Å². The summed E-state index contributed by atoms with van der Waals surface area (Å²) in [5.41, 5.74) is 0. The monoisotopic (exact) mass is 239 g/mol. The van der Waals surface area contributed by atoms with E-state index in [4.69, 9.17) is 4.74 Å². The summed E-state index contributed by atoms with van der Waals surface area (Å²) in [6, 6.07) is 1.40. The van der Waals surface area contributed by atoms with E-state index in [0.717, 1.165) is 5.92 Å². The van der Waals surface area contributed by atoms with Gasteiger partial charge in [-0.1, -0.05) is 19.3 Å². The quantitative estimate of drug-likeness (QED) is 0.810. The van der Waals surface area contributed by atoms with Crippen molar-refractivity contribution in [3.8, 4) is 0 Å². The van der Waals surface area contributed by atoms with Crippen LogP contribution in [-0.4, -0.2) is 25.3 Å². The lowest BCUT2D eigenvalue weighted by molar-refractivity contribution is 0.0551. The lowest BCUT2D eigenvalue weighted by atomic mass is 9.83. The third kappa shape index (κ3) is 3.96. The minimum absolute atomic E-state index is 0.500. The average molecular weight is 239 g/mol. The summed E-state index contributed by atoms with van der Waals surface area (Å²) in [5, 5.41) is 3.87. The molecule has 2 nitrogen and oxygen atoms in total. The molecular weight excluding hydrogens is 210 g/mol. The fourth-order valence-corrected chi connectivity index (χ4v) is 3.65. The Labute approximate surface area is 107 Å². The van der Waals surface area contributed by atoms with E-state index in [2.05, 4.69) is 12.2 Å². The molecule has 0 heterocycles. The van der Waals surface area contributed by atoms with Gasteiger partial charge in [-0.05, 0) is 51.4 Å². The molecule has 0 aliphatic heterocycles. The first-order valence-corrected chi connectivity index (χ1v) is 7.58. The normalized spacial score (nSPS) is 33.5. The molecule has 0 aromatic carbocycles. The number of hydrogen-bond acceptors (Lipinski definition) is 2. The zero-order valence-corrected chi connectivity index (χ0v) is 11.6. The first-order chi connectivity index (χ1) is 8.29. The van der Waals surface area contributed by atoms with E-state index < -0.39 is 0 Å². The van der Waals surface area contributed by atoms with Crippen LogP contribution in [-0.2, 0) is 4.74 Å². The molecule has 17 heavy (non-hydrogen) atoms. The lowest BCUT2D eigenvalue weighted by Crippen LogP contribution is -2.44. The highest BCUT2D eigenvalue weighted by Crippen LogP contribution is 2.28. The molecule has 0 spiro atoms. The molecule has 100 valence electrons. The van der Waals surface area contributed by atoms with Crippen molar-refractivity contribution in [1.29, 1.82) is 0 Å². The Kier molecular flexibility index (Phi) is 5.30. The van der Waals surface area contributed by atoms with Crippen LogP contribution in [0.15, 0.2) is 0 Å². The van der Waals surface area contributed by atoms with Crippen LogP contribution in [0.4, 0.5) is 0 Å². The van der Waals surface area contributed by atoms with Gasteiger partial charge in [0.25, 0.3) is 0 Å². The molecular formula is C15H29NO. The van der Waals surface area contributed by atoms with Crippen LogP contribution in [0.5, 0.6) is 0 Å². The number of rotatable bonds is 4. The maximum Gasteiger partial charge on any atom is 0.0586 e. The molecule has 2 saturated carbocycles. The third-order valence-corrected chi connectivity index (χ3v) is 4.81. The highest BCUT2D eigenvalue weighted by molar-refractivity contribution is 4.83. The second-order valence-electron chi connectivity index (χ2n) is 6.07. The van der Waals surface area contributed by atoms with Crippen LogP contribution in [0, 0.1) is 5.92 Å². The van der Waals surface area contributed by atoms with Gasteiger partial charge in [-0.15, -0.1) is 0 Å². The lowest BCUT2D eigenvalue weighted by Gasteiger charge is -2.35. The van der Waals surface area contributed by atoms with Crippen LogP contribution in [0.3, 0.4) is 0 Å². The summed E-state index contributed by atoms with van der Waals surface area (Å²) in [6.07, 6.45) is 12.9. The van der Waals surface area contributed by atoms with Crippen LogP contribution >= 0.6 is 0 Å². The van der Waals surface area contributed by atoms with Crippen molar-refractivity contribution < 1.29 is 4.74 Å².